The van der Waals surface area contributed by atoms with Crippen molar-refractivity contribution in [1.82, 2.24) is 14.5 Å². The van der Waals surface area contributed by atoms with E-state index < -0.39 is 11.2 Å². The molecule has 0 aliphatic rings. The molecule has 106 valence electrons. The molecule has 3 aromatic rings. The van der Waals surface area contributed by atoms with Crippen LogP contribution < -0.4 is 11.2 Å². The number of nitrogens with one attached hydrogen (secondary N) is 1. The molecule has 0 saturated carbocycles. The van der Waals surface area contributed by atoms with Crippen LogP contribution in [0, 0.1) is 0 Å². The highest BCUT2D eigenvalue weighted by molar-refractivity contribution is 7.09. The lowest BCUT2D eigenvalue weighted by atomic mass is 10.1. The van der Waals surface area contributed by atoms with Crippen molar-refractivity contribution >= 4 is 11.3 Å². The van der Waals surface area contributed by atoms with E-state index in [-0.39, 0.29) is 18.0 Å². The van der Waals surface area contributed by atoms with Crippen LogP contribution in [0.3, 0.4) is 0 Å². The second-order valence-corrected chi connectivity index (χ2v) is 5.32. The van der Waals surface area contributed by atoms with E-state index in [1.807, 2.05) is 0 Å². The van der Waals surface area contributed by atoms with Crippen LogP contribution in [-0.4, -0.2) is 19.6 Å². The number of aromatic hydroxyl groups is 1. The van der Waals surface area contributed by atoms with Gasteiger partial charge in [0.25, 0.3) is 5.56 Å². The zero-order valence-electron chi connectivity index (χ0n) is 10.8. The van der Waals surface area contributed by atoms with E-state index in [0.29, 0.717) is 10.6 Å². The number of H-pyrrole nitrogens is 1. The van der Waals surface area contributed by atoms with Crippen molar-refractivity contribution in [3.63, 3.8) is 0 Å². The Labute approximate surface area is 123 Å². The van der Waals surface area contributed by atoms with Crippen LogP contribution in [0.4, 0.5) is 0 Å². The summed E-state index contributed by atoms with van der Waals surface area (Å²) in [6.07, 6.45) is 1.62. The molecule has 1 aromatic carbocycles. The smallest absolute Gasteiger partial charge is 0.331 e. The lowest BCUT2D eigenvalue weighted by Crippen LogP contribution is -2.31. The summed E-state index contributed by atoms with van der Waals surface area (Å²) >= 11 is 1.37. The average molecular weight is 301 g/mol. The first-order chi connectivity index (χ1) is 10.2. The minimum Gasteiger partial charge on any atom is -0.494 e. The van der Waals surface area contributed by atoms with Gasteiger partial charge in [0.15, 0.2) is 0 Å². The Morgan fingerprint density at radius 3 is 2.67 bits per heavy atom. The maximum Gasteiger partial charge on any atom is 0.331 e. The number of rotatable bonds is 3. The number of hydrogen-bond acceptors (Lipinski definition) is 5. The van der Waals surface area contributed by atoms with Gasteiger partial charge < -0.3 is 5.11 Å². The Morgan fingerprint density at radius 2 is 2.00 bits per heavy atom. The highest BCUT2D eigenvalue weighted by atomic mass is 32.1. The number of benzene rings is 1. The molecule has 6 nitrogen and oxygen atoms in total. The lowest BCUT2D eigenvalue weighted by molar-refractivity contribution is 0.411. The first kappa shape index (κ1) is 13.3. The van der Waals surface area contributed by atoms with Gasteiger partial charge in [-0.05, 0) is 5.56 Å². The van der Waals surface area contributed by atoms with Gasteiger partial charge in [-0.15, -0.1) is 11.3 Å². The van der Waals surface area contributed by atoms with Gasteiger partial charge in [0, 0.05) is 11.6 Å². The van der Waals surface area contributed by atoms with Gasteiger partial charge in [0.05, 0.1) is 6.54 Å². The van der Waals surface area contributed by atoms with Crippen molar-refractivity contribution in [2.75, 3.05) is 0 Å². The fourth-order valence-corrected chi connectivity index (χ4v) is 2.64. The second-order valence-electron chi connectivity index (χ2n) is 4.34. The van der Waals surface area contributed by atoms with Gasteiger partial charge in [0.1, 0.15) is 10.6 Å². The van der Waals surface area contributed by atoms with Gasteiger partial charge in [-0.25, -0.2) is 9.78 Å². The zero-order chi connectivity index (χ0) is 14.8. The molecule has 3 rings (SSSR count). The number of aromatic amines is 1. The van der Waals surface area contributed by atoms with Crippen LogP contribution in [0.1, 0.15) is 5.01 Å². The van der Waals surface area contributed by atoms with Gasteiger partial charge >= 0.3 is 5.69 Å². The Kier molecular flexibility index (Phi) is 3.41. The molecule has 2 N–H and O–H groups in total. The van der Waals surface area contributed by atoms with Crippen molar-refractivity contribution in [1.29, 1.82) is 0 Å². The third kappa shape index (κ3) is 2.50. The molecule has 0 bridgehead atoms. The van der Waals surface area contributed by atoms with Gasteiger partial charge in [-0.2, -0.15) is 0 Å². The Hall–Kier alpha value is -2.67. The van der Waals surface area contributed by atoms with Crippen LogP contribution in [-0.2, 0) is 6.54 Å². The number of thiazole rings is 1. The van der Waals surface area contributed by atoms with Crippen molar-refractivity contribution in [2.24, 2.45) is 0 Å². The molecule has 0 amide bonds. The summed E-state index contributed by atoms with van der Waals surface area (Å²) in [5, 5.41) is 12.8. The Balaban J connectivity index is 2.18. The number of nitrogens with zero attached hydrogens (tertiary/aromatic N) is 2. The van der Waals surface area contributed by atoms with E-state index in [2.05, 4.69) is 9.97 Å². The second kappa shape index (κ2) is 5.37. The van der Waals surface area contributed by atoms with E-state index in [0.717, 1.165) is 4.57 Å². The monoisotopic (exact) mass is 301 g/mol. The largest absolute Gasteiger partial charge is 0.494 e. The molecule has 0 saturated heterocycles. The number of hydrogen-bond donors (Lipinski definition) is 2. The molecule has 0 unspecified atom stereocenters. The molecule has 0 spiro atoms. The first-order valence-corrected chi connectivity index (χ1v) is 7.04. The van der Waals surface area contributed by atoms with Crippen LogP contribution in [0.15, 0.2) is 51.5 Å². The molecule has 0 aliphatic carbocycles. The SMILES string of the molecule is O=c1[nH]c(=O)n(Cc2nccs2)c(O)c1-c1ccccc1. The molecule has 21 heavy (non-hydrogen) atoms. The Morgan fingerprint density at radius 1 is 1.24 bits per heavy atom. The highest BCUT2D eigenvalue weighted by Gasteiger charge is 2.16. The first-order valence-electron chi connectivity index (χ1n) is 6.16. The van der Waals surface area contributed by atoms with Gasteiger partial charge in [0.2, 0.25) is 5.88 Å². The summed E-state index contributed by atoms with van der Waals surface area (Å²) in [6, 6.07) is 8.71. The fraction of sp³-hybridized carbons (Fsp3) is 0.0714. The van der Waals surface area contributed by atoms with Crippen LogP contribution in [0.5, 0.6) is 5.88 Å². The average Bonchev–Trinajstić information content (AvgIpc) is 2.97. The molecule has 2 heterocycles. The quantitative estimate of drug-likeness (QED) is 0.765. The maximum atomic E-state index is 12.0. The van der Waals surface area contributed by atoms with Gasteiger partial charge in [-0.3, -0.25) is 14.3 Å². The molecule has 0 atom stereocenters. The van der Waals surface area contributed by atoms with Crippen molar-refractivity contribution < 1.29 is 5.11 Å². The maximum absolute atomic E-state index is 12.0. The summed E-state index contributed by atoms with van der Waals surface area (Å²) in [5.41, 5.74) is -0.651. The lowest BCUT2D eigenvalue weighted by Gasteiger charge is -2.10. The van der Waals surface area contributed by atoms with Crippen LogP contribution in [0.25, 0.3) is 11.1 Å². The van der Waals surface area contributed by atoms with Crippen LogP contribution >= 0.6 is 11.3 Å². The molecule has 0 aliphatic heterocycles. The zero-order valence-corrected chi connectivity index (χ0v) is 11.6. The Bertz CT molecular complexity index is 867. The van der Waals surface area contributed by atoms with Gasteiger partial charge in [-0.1, -0.05) is 30.3 Å². The molecule has 2 aromatic heterocycles. The summed E-state index contributed by atoms with van der Waals surface area (Å²) in [4.78, 5) is 30.2. The molecule has 0 radical (unpaired) electrons. The molecule has 7 heteroatoms. The summed E-state index contributed by atoms with van der Waals surface area (Å²) in [6.45, 7) is 0.110. The van der Waals surface area contributed by atoms with Crippen molar-refractivity contribution in [2.45, 2.75) is 6.54 Å². The van der Waals surface area contributed by atoms with E-state index >= 15 is 0 Å². The molecular weight excluding hydrogens is 290 g/mol. The van der Waals surface area contributed by atoms with Crippen LogP contribution in [0.2, 0.25) is 0 Å². The van der Waals surface area contributed by atoms with E-state index in [4.69, 9.17) is 0 Å². The minimum atomic E-state index is -0.660. The van der Waals surface area contributed by atoms with E-state index in [1.54, 1.807) is 41.9 Å². The number of aromatic nitrogens is 3. The molecular formula is C14H11N3O3S. The summed E-state index contributed by atoms with van der Waals surface area (Å²) in [7, 11) is 0. The topological polar surface area (TPSA) is 88.0 Å². The highest BCUT2D eigenvalue weighted by Crippen LogP contribution is 2.24. The normalized spacial score (nSPS) is 10.7. The van der Waals surface area contributed by atoms with E-state index in [1.165, 1.54) is 11.3 Å². The predicted octanol–water partition coefficient (Wildman–Crippen LogP) is 1.41. The standard InChI is InChI=1S/C14H11N3O3S/c18-12-11(9-4-2-1-3-5-9)13(19)17(14(20)16-12)8-10-15-6-7-21-10/h1-7,19H,8H2,(H,16,18,20). The minimum absolute atomic E-state index is 0.0757. The summed E-state index contributed by atoms with van der Waals surface area (Å²) in [5.74, 6) is -0.356. The third-order valence-electron chi connectivity index (χ3n) is 3.01. The van der Waals surface area contributed by atoms with E-state index in [9.17, 15) is 14.7 Å². The summed E-state index contributed by atoms with van der Waals surface area (Å²) < 4.78 is 1.10. The predicted molar refractivity (Wildman–Crippen MR) is 79.6 cm³/mol. The molecule has 0 fully saturated rings. The van der Waals surface area contributed by atoms with Crippen molar-refractivity contribution in [3.05, 3.63) is 67.8 Å². The third-order valence-corrected chi connectivity index (χ3v) is 3.78. The fourth-order valence-electron chi connectivity index (χ4n) is 2.04. The van der Waals surface area contributed by atoms with Crippen molar-refractivity contribution in [3.8, 4) is 17.0 Å².